The van der Waals surface area contributed by atoms with Gasteiger partial charge in [0.15, 0.2) is 6.10 Å². The van der Waals surface area contributed by atoms with Crippen molar-refractivity contribution < 1.29 is 23.5 Å². The molecule has 0 bridgehead atoms. The molecule has 1 aliphatic heterocycles. The number of rotatable bonds is 5. The Morgan fingerprint density at radius 2 is 2.33 bits per heavy atom. The molecule has 1 aromatic carbocycles. The fraction of sp³-hybridized carbons (Fsp3) is 0.429. The predicted molar refractivity (Wildman–Crippen MR) is 77.6 cm³/mol. The van der Waals surface area contributed by atoms with Gasteiger partial charge in [0, 0.05) is 6.42 Å². The van der Waals surface area contributed by atoms with Gasteiger partial charge in [-0.2, -0.15) is 0 Å². The molecule has 21 heavy (non-hydrogen) atoms. The molecule has 1 heterocycles. The first-order valence-electron chi connectivity index (χ1n) is 6.60. The van der Waals surface area contributed by atoms with Crippen molar-refractivity contribution in [1.82, 2.24) is 0 Å². The number of esters is 1. The van der Waals surface area contributed by atoms with Crippen LogP contribution >= 0.6 is 15.9 Å². The van der Waals surface area contributed by atoms with Gasteiger partial charge in [-0.1, -0.05) is 6.92 Å². The number of halogens is 2. The summed E-state index contributed by atoms with van der Waals surface area (Å²) in [5, 5.41) is 0. The maximum absolute atomic E-state index is 13.5. The van der Waals surface area contributed by atoms with Crippen LogP contribution in [0, 0.1) is 5.82 Å². The third-order valence-corrected chi connectivity index (χ3v) is 3.62. The SMILES string of the molecule is CCCC(=O)OC[C@H]1CN(c2ccc(Br)c(F)c2)C(=O)O1. The third-order valence-electron chi connectivity index (χ3n) is 2.97. The lowest BCUT2D eigenvalue weighted by molar-refractivity contribution is -0.146. The van der Waals surface area contributed by atoms with Crippen LogP contribution in [0.3, 0.4) is 0 Å². The quantitative estimate of drug-likeness (QED) is 0.757. The molecule has 2 rings (SSSR count). The van der Waals surface area contributed by atoms with E-state index in [2.05, 4.69) is 15.9 Å². The van der Waals surface area contributed by atoms with Crippen molar-refractivity contribution in [3.05, 3.63) is 28.5 Å². The van der Waals surface area contributed by atoms with Gasteiger partial charge in [-0.25, -0.2) is 9.18 Å². The molecule has 0 saturated carbocycles. The predicted octanol–water partition coefficient (Wildman–Crippen LogP) is 3.26. The average Bonchev–Trinajstić information content (AvgIpc) is 2.81. The first-order valence-corrected chi connectivity index (χ1v) is 7.39. The molecule has 0 radical (unpaired) electrons. The first kappa shape index (κ1) is 15.8. The van der Waals surface area contributed by atoms with E-state index in [1.54, 1.807) is 6.07 Å². The van der Waals surface area contributed by atoms with Crippen LogP contribution in [0.2, 0.25) is 0 Å². The van der Waals surface area contributed by atoms with E-state index in [4.69, 9.17) is 9.47 Å². The van der Waals surface area contributed by atoms with Crippen LogP contribution in [0.1, 0.15) is 19.8 Å². The monoisotopic (exact) mass is 359 g/mol. The Hall–Kier alpha value is -1.63. The fourth-order valence-electron chi connectivity index (χ4n) is 1.93. The molecule has 114 valence electrons. The van der Waals surface area contributed by atoms with Crippen molar-refractivity contribution in [3.63, 3.8) is 0 Å². The van der Waals surface area contributed by atoms with Crippen molar-refractivity contribution in [1.29, 1.82) is 0 Å². The smallest absolute Gasteiger partial charge is 0.414 e. The molecule has 0 unspecified atom stereocenters. The van der Waals surface area contributed by atoms with Crippen LogP contribution in [0.5, 0.6) is 0 Å². The van der Waals surface area contributed by atoms with E-state index < -0.39 is 18.0 Å². The van der Waals surface area contributed by atoms with Crippen LogP contribution in [-0.4, -0.2) is 31.3 Å². The minimum atomic E-state index is -0.576. The summed E-state index contributed by atoms with van der Waals surface area (Å²) in [5.41, 5.74) is 0.406. The highest BCUT2D eigenvalue weighted by Crippen LogP contribution is 2.26. The van der Waals surface area contributed by atoms with E-state index in [0.717, 1.165) is 0 Å². The van der Waals surface area contributed by atoms with E-state index in [1.807, 2.05) is 6.92 Å². The Morgan fingerprint density at radius 3 is 3.00 bits per heavy atom. The molecule has 1 aromatic rings. The number of nitrogens with zero attached hydrogens (tertiary/aromatic N) is 1. The number of hydrogen-bond donors (Lipinski definition) is 0. The Morgan fingerprint density at radius 1 is 1.57 bits per heavy atom. The van der Waals surface area contributed by atoms with Gasteiger partial charge in [0.2, 0.25) is 0 Å². The molecule has 1 saturated heterocycles. The second-order valence-corrected chi connectivity index (χ2v) is 5.50. The highest BCUT2D eigenvalue weighted by molar-refractivity contribution is 9.10. The zero-order valence-electron chi connectivity index (χ0n) is 11.5. The van der Waals surface area contributed by atoms with Crippen LogP contribution in [0.25, 0.3) is 0 Å². The molecule has 1 fully saturated rings. The molecule has 1 atom stereocenters. The first-order chi connectivity index (χ1) is 10.0. The minimum absolute atomic E-state index is 0.0140. The number of anilines is 1. The highest BCUT2D eigenvalue weighted by Gasteiger charge is 2.33. The van der Waals surface area contributed by atoms with E-state index in [1.165, 1.54) is 17.0 Å². The molecule has 5 nitrogen and oxygen atoms in total. The van der Waals surface area contributed by atoms with Gasteiger partial charge in [-0.15, -0.1) is 0 Å². The normalized spacial score (nSPS) is 17.8. The zero-order chi connectivity index (χ0) is 15.4. The van der Waals surface area contributed by atoms with Crippen molar-refractivity contribution >= 4 is 33.7 Å². The summed E-state index contributed by atoms with van der Waals surface area (Å²) < 4.78 is 23.9. The lowest BCUT2D eigenvalue weighted by Gasteiger charge is -2.13. The average molecular weight is 360 g/mol. The lowest BCUT2D eigenvalue weighted by Crippen LogP contribution is -2.26. The van der Waals surface area contributed by atoms with Crippen molar-refractivity contribution in [2.24, 2.45) is 0 Å². The fourth-order valence-corrected chi connectivity index (χ4v) is 2.18. The molecular weight excluding hydrogens is 345 g/mol. The van der Waals surface area contributed by atoms with Crippen LogP contribution in [-0.2, 0) is 14.3 Å². The van der Waals surface area contributed by atoms with Crippen LogP contribution in [0.15, 0.2) is 22.7 Å². The number of carbonyl (C=O) groups is 2. The summed E-state index contributed by atoms with van der Waals surface area (Å²) in [5.74, 6) is -0.778. The Bertz CT molecular complexity index is 552. The van der Waals surface area contributed by atoms with E-state index in [0.29, 0.717) is 23.0 Å². The standard InChI is InChI=1S/C14H15BrFNO4/c1-2-3-13(18)20-8-10-7-17(14(19)21-10)9-4-5-11(15)12(16)6-9/h4-6,10H,2-3,7-8H2,1H3/t10-/m1/s1. The zero-order valence-corrected chi connectivity index (χ0v) is 13.1. The number of carbonyl (C=O) groups excluding carboxylic acids is 2. The second-order valence-electron chi connectivity index (χ2n) is 4.65. The van der Waals surface area contributed by atoms with Crippen molar-refractivity contribution in [2.75, 3.05) is 18.1 Å². The van der Waals surface area contributed by atoms with Gasteiger partial charge in [0.05, 0.1) is 16.7 Å². The molecular formula is C14H15BrFNO4. The number of amides is 1. The maximum atomic E-state index is 13.5. The largest absolute Gasteiger partial charge is 0.462 e. The molecule has 0 aliphatic carbocycles. The molecule has 0 spiro atoms. The molecule has 0 aromatic heterocycles. The maximum Gasteiger partial charge on any atom is 0.414 e. The number of hydrogen-bond acceptors (Lipinski definition) is 4. The number of benzene rings is 1. The van der Waals surface area contributed by atoms with Gasteiger partial charge in [-0.05, 0) is 40.5 Å². The summed E-state index contributed by atoms with van der Waals surface area (Å²) in [7, 11) is 0. The van der Waals surface area contributed by atoms with Gasteiger partial charge < -0.3 is 9.47 Å². The topological polar surface area (TPSA) is 55.8 Å². The number of ether oxygens (including phenoxy) is 2. The summed E-state index contributed by atoms with van der Waals surface area (Å²) >= 11 is 3.05. The molecule has 0 N–H and O–H groups in total. The summed E-state index contributed by atoms with van der Waals surface area (Å²) in [6, 6.07) is 4.38. The number of cyclic esters (lactones) is 1. The highest BCUT2D eigenvalue weighted by atomic mass is 79.9. The van der Waals surface area contributed by atoms with Crippen LogP contribution in [0.4, 0.5) is 14.9 Å². The van der Waals surface area contributed by atoms with Gasteiger partial charge in [0.1, 0.15) is 12.4 Å². The Kier molecular flexibility index (Phi) is 5.17. The molecule has 1 amide bonds. The van der Waals surface area contributed by atoms with Gasteiger partial charge in [0.25, 0.3) is 0 Å². The van der Waals surface area contributed by atoms with Crippen LogP contribution < -0.4 is 4.90 Å². The Labute approximate surface area is 130 Å². The lowest BCUT2D eigenvalue weighted by atomic mass is 10.2. The van der Waals surface area contributed by atoms with Gasteiger partial charge in [-0.3, -0.25) is 9.69 Å². The van der Waals surface area contributed by atoms with E-state index in [-0.39, 0.29) is 19.1 Å². The minimum Gasteiger partial charge on any atom is -0.462 e. The Balaban J connectivity index is 1.96. The van der Waals surface area contributed by atoms with Crippen molar-refractivity contribution in [2.45, 2.75) is 25.9 Å². The molecule has 1 aliphatic rings. The van der Waals surface area contributed by atoms with E-state index in [9.17, 15) is 14.0 Å². The summed E-state index contributed by atoms with van der Waals surface area (Å²) in [4.78, 5) is 24.4. The second kappa shape index (κ2) is 6.89. The van der Waals surface area contributed by atoms with Gasteiger partial charge >= 0.3 is 12.1 Å². The van der Waals surface area contributed by atoms with Crippen molar-refractivity contribution in [3.8, 4) is 0 Å². The molecule has 7 heteroatoms. The van der Waals surface area contributed by atoms with E-state index >= 15 is 0 Å². The third kappa shape index (κ3) is 3.93. The summed E-state index contributed by atoms with van der Waals surface area (Å²) in [6.45, 7) is 2.11. The summed E-state index contributed by atoms with van der Waals surface area (Å²) in [6.07, 6.45) is -0.0751.